The molecule has 0 radical (unpaired) electrons. The van der Waals surface area contributed by atoms with Gasteiger partial charge >= 0.3 is 0 Å². The van der Waals surface area contributed by atoms with Crippen LogP contribution in [0.4, 0.5) is 0 Å². The highest BCUT2D eigenvalue weighted by atomic mass is 35.5. The maximum atomic E-state index is 11.9. The molecule has 0 saturated carbocycles. The second kappa shape index (κ2) is 6.64. The highest BCUT2D eigenvalue weighted by Crippen LogP contribution is 2.24. The fourth-order valence-corrected chi connectivity index (χ4v) is 2.24. The van der Waals surface area contributed by atoms with E-state index in [1.807, 2.05) is 39.8 Å². The number of benzene rings is 1. The molecule has 0 spiro atoms. The van der Waals surface area contributed by atoms with Crippen LogP contribution in [0.2, 0.25) is 5.02 Å². The van der Waals surface area contributed by atoms with Crippen LogP contribution in [0.5, 0.6) is 5.75 Å². The van der Waals surface area contributed by atoms with E-state index in [1.165, 1.54) is 0 Å². The molecular weight excluding hydrogens is 282 g/mol. The lowest BCUT2D eigenvalue weighted by Crippen LogP contribution is -2.26. The molecule has 1 aromatic rings. The van der Waals surface area contributed by atoms with E-state index in [9.17, 15) is 4.55 Å². The second-order valence-corrected chi connectivity index (χ2v) is 7.64. The fourth-order valence-electron chi connectivity index (χ4n) is 1.38. The van der Waals surface area contributed by atoms with Crippen LogP contribution in [0.3, 0.4) is 0 Å². The van der Waals surface area contributed by atoms with Crippen molar-refractivity contribution in [1.29, 1.82) is 0 Å². The van der Waals surface area contributed by atoms with Crippen LogP contribution in [-0.4, -0.2) is 22.1 Å². The third-order valence-corrected chi connectivity index (χ3v) is 4.35. The number of nitrogens with zero attached hydrogens (tertiary/aromatic N) is 1. The van der Waals surface area contributed by atoms with E-state index in [0.717, 1.165) is 17.0 Å². The lowest BCUT2D eigenvalue weighted by molar-refractivity contribution is 0.414. The van der Waals surface area contributed by atoms with Crippen molar-refractivity contribution in [2.24, 2.45) is 4.40 Å². The maximum absolute atomic E-state index is 11.9. The lowest BCUT2D eigenvalue weighted by Gasteiger charge is -2.18. The Labute approximate surface area is 123 Å². The summed E-state index contributed by atoms with van der Waals surface area (Å²) in [6, 6.07) is 5.53. The Morgan fingerprint density at radius 2 is 2.05 bits per heavy atom. The maximum Gasteiger partial charge on any atom is 0.144 e. The highest BCUT2D eigenvalue weighted by molar-refractivity contribution is 7.91. The molecule has 0 aromatic heterocycles. The summed E-state index contributed by atoms with van der Waals surface area (Å²) in [5.74, 6) is 0.724. The first-order valence-corrected chi connectivity index (χ1v) is 7.51. The summed E-state index contributed by atoms with van der Waals surface area (Å²) in [5.41, 5.74) is 1.76. The molecule has 0 heterocycles. The summed E-state index contributed by atoms with van der Waals surface area (Å²) < 4.78 is 20.9. The van der Waals surface area contributed by atoms with E-state index in [4.69, 9.17) is 16.3 Å². The van der Waals surface area contributed by atoms with Crippen LogP contribution in [0, 0.1) is 0 Å². The second-order valence-electron chi connectivity index (χ2n) is 5.32. The molecular formula is C14H20ClNO2S. The zero-order chi connectivity index (χ0) is 14.6. The number of hydrogen-bond acceptors (Lipinski definition) is 3. The van der Waals surface area contributed by atoms with E-state index in [1.54, 1.807) is 13.2 Å². The van der Waals surface area contributed by atoms with Crippen molar-refractivity contribution in [3.05, 3.63) is 28.8 Å². The molecule has 5 heteroatoms. The lowest BCUT2D eigenvalue weighted by atomic mass is 10.1. The molecule has 1 unspecified atom stereocenters. The molecule has 0 N–H and O–H groups in total. The van der Waals surface area contributed by atoms with Gasteiger partial charge in [-0.3, -0.25) is 0 Å². The first-order chi connectivity index (χ1) is 8.74. The van der Waals surface area contributed by atoms with Gasteiger partial charge in [0, 0.05) is 11.4 Å². The molecule has 1 atom stereocenters. The van der Waals surface area contributed by atoms with Gasteiger partial charge in [0.1, 0.15) is 21.9 Å². The van der Waals surface area contributed by atoms with Crippen LogP contribution < -0.4 is 4.74 Å². The smallest absolute Gasteiger partial charge is 0.144 e. The van der Waals surface area contributed by atoms with Crippen molar-refractivity contribution in [2.75, 3.05) is 7.11 Å². The van der Waals surface area contributed by atoms with Crippen LogP contribution in [0.1, 0.15) is 33.3 Å². The van der Waals surface area contributed by atoms with Gasteiger partial charge < -0.3 is 9.29 Å². The van der Waals surface area contributed by atoms with E-state index < -0.39 is 11.4 Å². The van der Waals surface area contributed by atoms with Gasteiger partial charge in [0.2, 0.25) is 0 Å². The number of ether oxygens (including phenoxy) is 1. The summed E-state index contributed by atoms with van der Waals surface area (Å²) >= 11 is 4.93. The van der Waals surface area contributed by atoms with Gasteiger partial charge in [-0.15, -0.1) is 0 Å². The Hall–Kier alpha value is -0.710. The van der Waals surface area contributed by atoms with E-state index in [2.05, 4.69) is 4.40 Å². The van der Waals surface area contributed by atoms with Gasteiger partial charge in [0.25, 0.3) is 0 Å². The molecule has 0 saturated heterocycles. The Morgan fingerprint density at radius 3 is 2.53 bits per heavy atom. The van der Waals surface area contributed by atoms with Crippen molar-refractivity contribution in [2.45, 2.75) is 38.9 Å². The minimum Gasteiger partial charge on any atom is -0.591 e. The van der Waals surface area contributed by atoms with Crippen LogP contribution >= 0.6 is 11.6 Å². The fraction of sp³-hybridized carbons (Fsp3) is 0.500. The molecule has 1 rings (SSSR count). The average molecular weight is 302 g/mol. The zero-order valence-corrected chi connectivity index (χ0v) is 13.6. The molecule has 3 nitrogen and oxygen atoms in total. The number of halogens is 1. The molecule has 0 aliphatic rings. The van der Waals surface area contributed by atoms with Crippen LogP contribution in [0.25, 0.3) is 0 Å². The number of methoxy groups -OCH3 is 1. The summed E-state index contributed by atoms with van der Waals surface area (Å²) in [4.78, 5) is 0. The molecule has 0 aliphatic heterocycles. The SMILES string of the molecule is COc1ccc(C/C(C)=N\[S+]([O-])C(C)(C)C)c(Cl)c1. The third-order valence-electron chi connectivity index (χ3n) is 2.47. The van der Waals surface area contributed by atoms with Crippen molar-refractivity contribution < 1.29 is 9.29 Å². The van der Waals surface area contributed by atoms with Gasteiger partial charge in [-0.05, 0) is 45.4 Å². The molecule has 19 heavy (non-hydrogen) atoms. The molecule has 0 fully saturated rings. The van der Waals surface area contributed by atoms with Gasteiger partial charge in [-0.1, -0.05) is 22.1 Å². The minimum absolute atomic E-state index is 0.342. The van der Waals surface area contributed by atoms with Gasteiger partial charge in [0.15, 0.2) is 0 Å². The highest BCUT2D eigenvalue weighted by Gasteiger charge is 2.26. The standard InChI is InChI=1S/C14H20ClNO2S/c1-10(16-19(17)14(2,3)4)8-11-6-7-12(18-5)9-13(11)15/h6-7,9H,8H2,1-5H3/b16-10-. The van der Waals surface area contributed by atoms with Gasteiger partial charge in [-0.2, -0.15) is 0 Å². The summed E-state index contributed by atoms with van der Waals surface area (Å²) in [6.45, 7) is 7.57. The summed E-state index contributed by atoms with van der Waals surface area (Å²) in [5, 5.41) is 0.635. The molecule has 0 aliphatic carbocycles. The Balaban J connectivity index is 2.82. The normalized spacial score (nSPS) is 14.4. The van der Waals surface area contributed by atoms with E-state index in [-0.39, 0.29) is 4.75 Å². The minimum atomic E-state index is -1.23. The molecule has 0 amide bonds. The van der Waals surface area contributed by atoms with E-state index >= 15 is 0 Å². The van der Waals surface area contributed by atoms with Crippen LogP contribution in [0.15, 0.2) is 22.6 Å². The Kier molecular flexibility index (Phi) is 5.71. The number of rotatable bonds is 4. The monoisotopic (exact) mass is 301 g/mol. The largest absolute Gasteiger partial charge is 0.591 e. The Bertz CT molecular complexity index is 469. The van der Waals surface area contributed by atoms with Crippen molar-refractivity contribution in [3.8, 4) is 5.75 Å². The van der Waals surface area contributed by atoms with Crippen LogP contribution in [-0.2, 0) is 17.8 Å². The number of hydrogen-bond donors (Lipinski definition) is 0. The Morgan fingerprint density at radius 1 is 1.42 bits per heavy atom. The first-order valence-electron chi connectivity index (χ1n) is 6.02. The van der Waals surface area contributed by atoms with E-state index in [0.29, 0.717) is 11.4 Å². The van der Waals surface area contributed by atoms with Crippen molar-refractivity contribution in [1.82, 2.24) is 0 Å². The summed E-state index contributed by atoms with van der Waals surface area (Å²) in [7, 11) is 1.60. The third kappa shape index (κ3) is 5.05. The molecule has 0 bridgehead atoms. The van der Waals surface area contributed by atoms with Crippen molar-refractivity contribution in [3.63, 3.8) is 0 Å². The predicted molar refractivity (Wildman–Crippen MR) is 82.7 cm³/mol. The average Bonchev–Trinajstić information content (AvgIpc) is 2.30. The predicted octanol–water partition coefficient (Wildman–Crippen LogP) is 3.81. The van der Waals surface area contributed by atoms with Gasteiger partial charge in [-0.25, -0.2) is 0 Å². The van der Waals surface area contributed by atoms with Crippen molar-refractivity contribution >= 4 is 28.7 Å². The quantitative estimate of drug-likeness (QED) is 0.627. The zero-order valence-electron chi connectivity index (χ0n) is 12.0. The first kappa shape index (κ1) is 16.3. The molecule has 1 aromatic carbocycles. The molecule has 106 valence electrons. The topological polar surface area (TPSA) is 44.6 Å². The summed E-state index contributed by atoms with van der Waals surface area (Å²) in [6.07, 6.45) is 0.588. The van der Waals surface area contributed by atoms with Gasteiger partial charge in [0.05, 0.1) is 12.8 Å².